The van der Waals surface area contributed by atoms with Gasteiger partial charge in [0.1, 0.15) is 5.82 Å². The van der Waals surface area contributed by atoms with Crippen molar-refractivity contribution in [3.63, 3.8) is 0 Å². The van der Waals surface area contributed by atoms with Gasteiger partial charge in [-0.1, -0.05) is 64.7 Å². The lowest BCUT2D eigenvalue weighted by molar-refractivity contribution is 0.0953. The van der Waals surface area contributed by atoms with E-state index in [1.807, 2.05) is 0 Å². The minimum Gasteiger partial charge on any atom is -0.383 e. The van der Waals surface area contributed by atoms with E-state index in [4.69, 9.17) is 5.73 Å². The van der Waals surface area contributed by atoms with E-state index in [9.17, 15) is 4.79 Å². The Kier molecular flexibility index (Phi) is 10.1. The maximum absolute atomic E-state index is 11.9. The monoisotopic (exact) mass is 305 g/mol. The molecular formula is C18H31N3O. The van der Waals surface area contributed by atoms with Crippen molar-refractivity contribution in [1.29, 1.82) is 0 Å². The van der Waals surface area contributed by atoms with E-state index in [0.717, 1.165) is 6.42 Å². The first-order valence-corrected chi connectivity index (χ1v) is 8.74. The molecule has 0 aliphatic heterocycles. The molecule has 1 heterocycles. The van der Waals surface area contributed by atoms with Gasteiger partial charge in [-0.25, -0.2) is 4.98 Å². The standard InChI is InChI=1S/C18H31N3O/c1-2-3-4-5-6-7-8-9-10-11-14-21-18(22)16-13-12-15-20-17(16)19/h12-13,15H,2-11,14H2,1H3,(H2,19,20)(H,21,22). The van der Waals surface area contributed by atoms with Crippen LogP contribution in [0.25, 0.3) is 0 Å². The van der Waals surface area contributed by atoms with E-state index in [0.29, 0.717) is 17.9 Å². The van der Waals surface area contributed by atoms with E-state index >= 15 is 0 Å². The molecule has 1 aromatic rings. The number of hydrogen-bond donors (Lipinski definition) is 2. The van der Waals surface area contributed by atoms with E-state index in [1.165, 1.54) is 57.8 Å². The molecule has 4 nitrogen and oxygen atoms in total. The molecule has 0 atom stereocenters. The van der Waals surface area contributed by atoms with Gasteiger partial charge in [-0.3, -0.25) is 4.79 Å². The topological polar surface area (TPSA) is 68.0 Å². The van der Waals surface area contributed by atoms with Crippen molar-refractivity contribution in [2.24, 2.45) is 0 Å². The average molecular weight is 305 g/mol. The van der Waals surface area contributed by atoms with Crippen LogP contribution in [0.5, 0.6) is 0 Å². The number of nitrogens with zero attached hydrogens (tertiary/aromatic N) is 1. The van der Waals surface area contributed by atoms with Gasteiger partial charge < -0.3 is 11.1 Å². The molecule has 0 fully saturated rings. The number of hydrogen-bond acceptors (Lipinski definition) is 3. The molecule has 0 aromatic carbocycles. The van der Waals surface area contributed by atoms with Crippen LogP contribution in [0.4, 0.5) is 5.82 Å². The Hall–Kier alpha value is -1.58. The molecule has 0 aliphatic rings. The summed E-state index contributed by atoms with van der Waals surface area (Å²) in [5.41, 5.74) is 6.15. The summed E-state index contributed by atoms with van der Waals surface area (Å²) < 4.78 is 0. The van der Waals surface area contributed by atoms with E-state index < -0.39 is 0 Å². The van der Waals surface area contributed by atoms with Crippen LogP contribution in [-0.4, -0.2) is 17.4 Å². The van der Waals surface area contributed by atoms with Crippen LogP contribution in [0, 0.1) is 0 Å². The Morgan fingerprint density at radius 3 is 2.23 bits per heavy atom. The highest BCUT2D eigenvalue weighted by Crippen LogP contribution is 2.10. The number of rotatable bonds is 12. The number of carbonyl (C=O) groups is 1. The number of nitrogens with two attached hydrogens (primary N) is 1. The summed E-state index contributed by atoms with van der Waals surface area (Å²) in [5, 5.41) is 2.91. The number of unbranched alkanes of at least 4 members (excludes halogenated alkanes) is 9. The fourth-order valence-electron chi connectivity index (χ4n) is 2.52. The van der Waals surface area contributed by atoms with Crippen LogP contribution in [0.15, 0.2) is 18.3 Å². The molecular weight excluding hydrogens is 274 g/mol. The van der Waals surface area contributed by atoms with Gasteiger partial charge in [0, 0.05) is 12.7 Å². The molecule has 0 saturated heterocycles. The number of carbonyl (C=O) groups excluding carboxylic acids is 1. The number of aromatic nitrogens is 1. The lowest BCUT2D eigenvalue weighted by atomic mass is 10.1. The Balaban J connectivity index is 1.95. The quantitative estimate of drug-likeness (QED) is 0.565. The molecule has 0 radical (unpaired) electrons. The zero-order valence-electron chi connectivity index (χ0n) is 13.9. The fraction of sp³-hybridized carbons (Fsp3) is 0.667. The summed E-state index contributed by atoms with van der Waals surface area (Å²) in [6, 6.07) is 3.43. The third-order valence-corrected chi connectivity index (χ3v) is 3.90. The number of anilines is 1. The van der Waals surface area contributed by atoms with Gasteiger partial charge in [-0.15, -0.1) is 0 Å². The predicted molar refractivity (Wildman–Crippen MR) is 92.8 cm³/mol. The Labute approximate surface area is 134 Å². The van der Waals surface area contributed by atoms with E-state index in [-0.39, 0.29) is 5.91 Å². The number of pyridine rings is 1. The second-order valence-corrected chi connectivity index (χ2v) is 5.87. The maximum atomic E-state index is 11.9. The van der Waals surface area contributed by atoms with Crippen LogP contribution in [-0.2, 0) is 0 Å². The summed E-state index contributed by atoms with van der Waals surface area (Å²) in [5.74, 6) is 0.171. The molecule has 0 unspecified atom stereocenters. The van der Waals surface area contributed by atoms with Crippen molar-refractivity contribution in [2.75, 3.05) is 12.3 Å². The van der Waals surface area contributed by atoms with E-state index in [1.54, 1.807) is 18.3 Å². The second-order valence-electron chi connectivity index (χ2n) is 5.87. The first kappa shape index (κ1) is 18.5. The molecule has 0 bridgehead atoms. The predicted octanol–water partition coefficient (Wildman–Crippen LogP) is 4.31. The summed E-state index contributed by atoms with van der Waals surface area (Å²) >= 11 is 0. The molecule has 3 N–H and O–H groups in total. The molecule has 1 rings (SSSR count). The summed E-state index contributed by atoms with van der Waals surface area (Å²) in [4.78, 5) is 15.8. The highest BCUT2D eigenvalue weighted by atomic mass is 16.1. The Morgan fingerprint density at radius 1 is 1.05 bits per heavy atom. The number of amides is 1. The molecule has 22 heavy (non-hydrogen) atoms. The van der Waals surface area contributed by atoms with Crippen molar-refractivity contribution in [2.45, 2.75) is 71.1 Å². The zero-order chi connectivity index (χ0) is 16.0. The first-order chi connectivity index (χ1) is 10.8. The highest BCUT2D eigenvalue weighted by molar-refractivity contribution is 5.98. The molecule has 124 valence electrons. The third-order valence-electron chi connectivity index (χ3n) is 3.90. The van der Waals surface area contributed by atoms with Crippen molar-refractivity contribution >= 4 is 11.7 Å². The molecule has 1 aromatic heterocycles. The van der Waals surface area contributed by atoms with Gasteiger partial charge >= 0.3 is 0 Å². The number of nitrogens with one attached hydrogen (secondary N) is 1. The minimum absolute atomic E-state index is 0.124. The van der Waals surface area contributed by atoms with Gasteiger partial charge in [-0.05, 0) is 18.6 Å². The van der Waals surface area contributed by atoms with Crippen LogP contribution in [0.3, 0.4) is 0 Å². The maximum Gasteiger partial charge on any atom is 0.255 e. The SMILES string of the molecule is CCCCCCCCCCCCNC(=O)c1cccnc1N. The number of nitrogen functional groups attached to an aromatic ring is 1. The van der Waals surface area contributed by atoms with Crippen molar-refractivity contribution in [3.8, 4) is 0 Å². The molecule has 1 amide bonds. The fourth-order valence-corrected chi connectivity index (χ4v) is 2.52. The van der Waals surface area contributed by atoms with Gasteiger partial charge in [0.05, 0.1) is 5.56 Å². The van der Waals surface area contributed by atoms with Gasteiger partial charge in [0.25, 0.3) is 5.91 Å². The lowest BCUT2D eigenvalue weighted by Crippen LogP contribution is -2.25. The van der Waals surface area contributed by atoms with Gasteiger partial charge in [0.15, 0.2) is 0 Å². The molecule has 0 aliphatic carbocycles. The van der Waals surface area contributed by atoms with Crippen molar-refractivity contribution in [3.05, 3.63) is 23.9 Å². The second kappa shape index (κ2) is 12.0. The Morgan fingerprint density at radius 2 is 1.64 bits per heavy atom. The summed E-state index contributed by atoms with van der Waals surface area (Å²) in [6.45, 7) is 2.96. The van der Waals surface area contributed by atoms with Crippen molar-refractivity contribution < 1.29 is 4.79 Å². The first-order valence-electron chi connectivity index (χ1n) is 8.74. The lowest BCUT2D eigenvalue weighted by Gasteiger charge is -2.06. The van der Waals surface area contributed by atoms with Crippen molar-refractivity contribution in [1.82, 2.24) is 10.3 Å². The highest BCUT2D eigenvalue weighted by Gasteiger charge is 2.08. The average Bonchev–Trinajstić information content (AvgIpc) is 2.53. The van der Waals surface area contributed by atoms with Crippen LogP contribution < -0.4 is 11.1 Å². The zero-order valence-corrected chi connectivity index (χ0v) is 13.9. The van der Waals surface area contributed by atoms with E-state index in [2.05, 4.69) is 17.2 Å². The van der Waals surface area contributed by atoms with Crippen LogP contribution >= 0.6 is 0 Å². The van der Waals surface area contributed by atoms with Crippen LogP contribution in [0.1, 0.15) is 81.5 Å². The van der Waals surface area contributed by atoms with Gasteiger partial charge in [-0.2, -0.15) is 0 Å². The third kappa shape index (κ3) is 8.01. The molecule has 4 heteroatoms. The normalized spacial score (nSPS) is 10.6. The summed E-state index contributed by atoms with van der Waals surface area (Å²) in [7, 11) is 0. The Bertz CT molecular complexity index is 421. The van der Waals surface area contributed by atoms with Gasteiger partial charge in [0.2, 0.25) is 0 Å². The molecule has 0 spiro atoms. The minimum atomic E-state index is -0.124. The largest absolute Gasteiger partial charge is 0.383 e. The van der Waals surface area contributed by atoms with Crippen LogP contribution in [0.2, 0.25) is 0 Å². The molecule has 0 saturated carbocycles. The summed E-state index contributed by atoms with van der Waals surface area (Å²) in [6.07, 6.45) is 14.6. The smallest absolute Gasteiger partial charge is 0.255 e.